The molecule has 0 saturated carbocycles. The van der Waals surface area contributed by atoms with E-state index in [0.29, 0.717) is 22.2 Å². The minimum absolute atomic E-state index is 0.00164. The smallest absolute Gasteiger partial charge is 0.280 e. The van der Waals surface area contributed by atoms with Crippen LogP contribution in [0.4, 0.5) is 10.8 Å². The normalized spacial score (nSPS) is 11.3. The van der Waals surface area contributed by atoms with Gasteiger partial charge in [0.1, 0.15) is 11.5 Å². The van der Waals surface area contributed by atoms with Crippen LogP contribution in [0.1, 0.15) is 11.3 Å². The Morgan fingerprint density at radius 1 is 1.22 bits per heavy atom. The van der Waals surface area contributed by atoms with Gasteiger partial charge in [0.2, 0.25) is 5.13 Å². The third kappa shape index (κ3) is 3.56. The Morgan fingerprint density at radius 2 is 2.07 bits per heavy atom. The van der Waals surface area contributed by atoms with Crippen molar-refractivity contribution in [3.63, 3.8) is 0 Å². The molecule has 2 aromatic heterocycles. The van der Waals surface area contributed by atoms with E-state index in [-0.39, 0.29) is 5.69 Å². The Kier molecular flexibility index (Phi) is 4.39. The quantitative estimate of drug-likeness (QED) is 0.292. The number of hydrogen-bond acceptors (Lipinski definition) is 7. The van der Waals surface area contributed by atoms with Gasteiger partial charge in [-0.15, -0.1) is 0 Å². The first-order valence-electron chi connectivity index (χ1n) is 8.10. The summed E-state index contributed by atoms with van der Waals surface area (Å²) in [6.45, 7) is 2.04. The lowest BCUT2D eigenvalue weighted by Gasteiger charge is -1.98. The topological polar surface area (TPSA) is 93.6 Å². The summed E-state index contributed by atoms with van der Waals surface area (Å²) >= 11 is 1.51. The molecule has 4 rings (SSSR count). The molecule has 0 atom stereocenters. The first-order chi connectivity index (χ1) is 13.1. The van der Waals surface area contributed by atoms with Crippen molar-refractivity contribution >= 4 is 38.6 Å². The highest BCUT2D eigenvalue weighted by molar-refractivity contribution is 7.22. The number of aromatic nitrogens is 1. The summed E-state index contributed by atoms with van der Waals surface area (Å²) in [6, 6.07) is 15.9. The summed E-state index contributed by atoms with van der Waals surface area (Å²) < 4.78 is 6.75. The fourth-order valence-corrected chi connectivity index (χ4v) is 3.55. The number of nitro benzene ring substituents is 1. The maximum Gasteiger partial charge on any atom is 0.280 e. The minimum Gasteiger partial charge on any atom is -0.455 e. The van der Waals surface area contributed by atoms with Gasteiger partial charge in [-0.2, -0.15) is 5.10 Å². The molecular formula is C19H14N4O3S. The number of para-hydroxylation sites is 1. The lowest BCUT2D eigenvalue weighted by molar-refractivity contribution is -0.384. The first kappa shape index (κ1) is 16.9. The number of fused-ring (bicyclic) bond motifs is 1. The average molecular weight is 378 g/mol. The van der Waals surface area contributed by atoms with Gasteiger partial charge < -0.3 is 4.42 Å². The molecule has 0 radical (unpaired) electrons. The van der Waals surface area contributed by atoms with Crippen LogP contribution in [0.2, 0.25) is 0 Å². The second-order valence-corrected chi connectivity index (χ2v) is 6.87. The maximum absolute atomic E-state index is 11.1. The van der Waals surface area contributed by atoms with Gasteiger partial charge in [-0.1, -0.05) is 29.5 Å². The van der Waals surface area contributed by atoms with Crippen molar-refractivity contribution in [2.24, 2.45) is 5.10 Å². The van der Waals surface area contributed by atoms with Crippen LogP contribution in [0, 0.1) is 17.0 Å². The highest BCUT2D eigenvalue weighted by atomic mass is 32.1. The van der Waals surface area contributed by atoms with E-state index < -0.39 is 4.92 Å². The van der Waals surface area contributed by atoms with E-state index in [2.05, 4.69) is 21.6 Å². The van der Waals surface area contributed by atoms with Gasteiger partial charge in [0.25, 0.3) is 5.69 Å². The van der Waals surface area contributed by atoms with Crippen molar-refractivity contribution in [1.82, 2.24) is 4.98 Å². The number of furan rings is 1. The Hall–Kier alpha value is -3.52. The number of thiazole rings is 1. The minimum atomic E-state index is -0.429. The van der Waals surface area contributed by atoms with Crippen LogP contribution in [-0.4, -0.2) is 16.1 Å². The largest absolute Gasteiger partial charge is 0.455 e. The molecule has 0 unspecified atom stereocenters. The van der Waals surface area contributed by atoms with Crippen molar-refractivity contribution in [3.8, 4) is 11.3 Å². The first-order valence-corrected chi connectivity index (χ1v) is 8.92. The molecule has 4 aromatic rings. The summed E-state index contributed by atoms with van der Waals surface area (Å²) in [5.74, 6) is 0.895. The van der Waals surface area contributed by atoms with Crippen LogP contribution in [0.3, 0.4) is 0 Å². The van der Waals surface area contributed by atoms with E-state index in [4.69, 9.17) is 4.42 Å². The standard InChI is InChI=1S/C19H14N4O3S/c1-12-6-8-15-18(10-12)27-19(21-15)22-20-11-13-7-9-17(26-13)14-4-2-3-5-16(14)23(24)25/h2-11H,1H3,(H,21,22)/b20-11+. The molecule has 2 heterocycles. The van der Waals surface area contributed by atoms with Gasteiger partial charge in [0.05, 0.1) is 26.9 Å². The van der Waals surface area contributed by atoms with Crippen LogP contribution in [0.5, 0.6) is 0 Å². The van der Waals surface area contributed by atoms with Gasteiger partial charge >= 0.3 is 0 Å². The number of anilines is 1. The SMILES string of the molecule is Cc1ccc2nc(N/N=C/c3ccc(-c4ccccc4[N+](=O)[O-])o3)sc2c1. The average Bonchev–Trinajstić information content (AvgIpc) is 3.28. The molecule has 0 aliphatic rings. The van der Waals surface area contributed by atoms with E-state index in [1.54, 1.807) is 30.3 Å². The molecule has 2 aromatic carbocycles. The number of rotatable bonds is 5. The van der Waals surface area contributed by atoms with Crippen LogP contribution in [-0.2, 0) is 0 Å². The second kappa shape index (κ2) is 7.00. The molecule has 8 heteroatoms. The Morgan fingerprint density at radius 3 is 2.93 bits per heavy atom. The zero-order chi connectivity index (χ0) is 18.8. The molecular weight excluding hydrogens is 364 g/mol. The van der Waals surface area contributed by atoms with Crippen LogP contribution >= 0.6 is 11.3 Å². The Bertz CT molecular complexity index is 1160. The zero-order valence-corrected chi connectivity index (χ0v) is 15.1. The number of hydrazone groups is 1. The molecule has 7 nitrogen and oxygen atoms in total. The third-order valence-electron chi connectivity index (χ3n) is 3.89. The summed E-state index contributed by atoms with van der Waals surface area (Å²) in [4.78, 5) is 15.2. The molecule has 134 valence electrons. The summed E-state index contributed by atoms with van der Waals surface area (Å²) in [5, 5.41) is 16.0. The lowest BCUT2D eigenvalue weighted by atomic mass is 10.1. The van der Waals surface area contributed by atoms with Gasteiger partial charge in [-0.05, 0) is 42.8 Å². The van der Waals surface area contributed by atoms with Crippen LogP contribution in [0.25, 0.3) is 21.5 Å². The molecule has 0 saturated heterocycles. The number of nitro groups is 1. The molecule has 0 spiro atoms. The number of aryl methyl sites for hydroxylation is 1. The monoisotopic (exact) mass is 378 g/mol. The molecule has 0 aliphatic heterocycles. The number of benzene rings is 2. The van der Waals surface area contributed by atoms with Gasteiger partial charge in [0, 0.05) is 6.07 Å². The van der Waals surface area contributed by atoms with Gasteiger partial charge in [0.15, 0.2) is 0 Å². The highest BCUT2D eigenvalue weighted by Gasteiger charge is 2.16. The van der Waals surface area contributed by atoms with E-state index in [9.17, 15) is 10.1 Å². The highest BCUT2D eigenvalue weighted by Crippen LogP contribution is 2.30. The van der Waals surface area contributed by atoms with E-state index >= 15 is 0 Å². The van der Waals surface area contributed by atoms with Crippen molar-refractivity contribution in [1.29, 1.82) is 0 Å². The second-order valence-electron chi connectivity index (χ2n) is 5.84. The maximum atomic E-state index is 11.1. The van der Waals surface area contributed by atoms with E-state index in [1.807, 2.05) is 19.1 Å². The van der Waals surface area contributed by atoms with Crippen molar-refractivity contribution < 1.29 is 9.34 Å². The van der Waals surface area contributed by atoms with Crippen molar-refractivity contribution in [2.75, 3.05) is 5.43 Å². The van der Waals surface area contributed by atoms with E-state index in [0.717, 1.165) is 10.2 Å². The van der Waals surface area contributed by atoms with E-state index in [1.165, 1.54) is 29.2 Å². The predicted octanol–water partition coefficient (Wildman–Crippen LogP) is 5.22. The fourth-order valence-electron chi connectivity index (χ4n) is 2.64. The molecule has 0 aliphatic carbocycles. The zero-order valence-electron chi connectivity index (χ0n) is 14.2. The molecule has 1 N–H and O–H groups in total. The lowest BCUT2D eigenvalue weighted by Crippen LogP contribution is -1.90. The third-order valence-corrected chi connectivity index (χ3v) is 4.81. The summed E-state index contributed by atoms with van der Waals surface area (Å²) in [7, 11) is 0. The molecule has 27 heavy (non-hydrogen) atoms. The Balaban J connectivity index is 1.51. The van der Waals surface area contributed by atoms with Crippen LogP contribution in [0.15, 0.2) is 64.1 Å². The molecule has 0 bridgehead atoms. The summed E-state index contributed by atoms with van der Waals surface area (Å²) in [6.07, 6.45) is 1.51. The molecule has 0 fully saturated rings. The Labute approximate surface area is 158 Å². The number of nitrogens with zero attached hydrogens (tertiary/aromatic N) is 3. The van der Waals surface area contributed by atoms with Gasteiger partial charge in [-0.3, -0.25) is 15.5 Å². The predicted molar refractivity (Wildman–Crippen MR) is 106 cm³/mol. The van der Waals surface area contributed by atoms with Gasteiger partial charge in [-0.25, -0.2) is 4.98 Å². The number of hydrogen-bond donors (Lipinski definition) is 1. The van der Waals surface area contributed by atoms with Crippen LogP contribution < -0.4 is 5.43 Å². The van der Waals surface area contributed by atoms with Crippen molar-refractivity contribution in [3.05, 3.63) is 76.0 Å². The van der Waals surface area contributed by atoms with Crippen molar-refractivity contribution in [2.45, 2.75) is 6.92 Å². The summed E-state index contributed by atoms with van der Waals surface area (Å²) in [5.41, 5.74) is 5.41. The fraction of sp³-hybridized carbons (Fsp3) is 0.0526. The molecule has 0 amide bonds. The number of nitrogens with one attached hydrogen (secondary N) is 1.